The SMILES string of the molecule is COCCNS(=O)(=O)c1cc(-c2sc(NC(C)=O)nc2C)cc2c1C(=O)N(C(C)C1CC1)C2. The molecule has 1 unspecified atom stereocenters. The lowest BCUT2D eigenvalue weighted by molar-refractivity contribution is -0.114. The third-order valence-corrected chi connectivity index (χ3v) is 8.63. The molecule has 0 radical (unpaired) electrons. The van der Waals surface area contributed by atoms with E-state index in [9.17, 15) is 18.0 Å². The van der Waals surface area contributed by atoms with Crippen molar-refractivity contribution in [1.29, 1.82) is 0 Å². The zero-order valence-corrected chi connectivity index (χ0v) is 20.7. The monoisotopic (exact) mass is 492 g/mol. The van der Waals surface area contributed by atoms with Crippen molar-refractivity contribution >= 4 is 38.3 Å². The lowest BCUT2D eigenvalue weighted by atomic mass is 10.0. The largest absolute Gasteiger partial charge is 0.383 e. The molecular weight excluding hydrogens is 464 g/mol. The van der Waals surface area contributed by atoms with Gasteiger partial charge in [0.1, 0.15) is 0 Å². The van der Waals surface area contributed by atoms with E-state index in [1.807, 2.05) is 19.9 Å². The molecule has 4 rings (SSSR count). The van der Waals surface area contributed by atoms with Crippen molar-refractivity contribution in [3.05, 3.63) is 29.0 Å². The molecular formula is C22H28N4O5S2. The molecule has 2 aromatic rings. The molecule has 1 saturated carbocycles. The second-order valence-electron chi connectivity index (χ2n) is 8.52. The maximum Gasteiger partial charge on any atom is 0.256 e. The number of methoxy groups -OCH3 is 1. The normalized spacial score (nSPS) is 16.7. The van der Waals surface area contributed by atoms with Crippen molar-refractivity contribution in [2.75, 3.05) is 25.6 Å². The maximum absolute atomic E-state index is 13.4. The Morgan fingerprint density at radius 2 is 2.09 bits per heavy atom. The molecule has 1 atom stereocenters. The number of ether oxygens (including phenoxy) is 1. The van der Waals surface area contributed by atoms with Crippen LogP contribution in [0.15, 0.2) is 17.0 Å². The number of fused-ring (bicyclic) bond motifs is 1. The quantitative estimate of drug-likeness (QED) is 0.520. The van der Waals surface area contributed by atoms with Crippen LogP contribution in [0.3, 0.4) is 0 Å². The number of anilines is 1. The summed E-state index contributed by atoms with van der Waals surface area (Å²) >= 11 is 1.27. The van der Waals surface area contributed by atoms with Crippen molar-refractivity contribution in [2.24, 2.45) is 5.92 Å². The summed E-state index contributed by atoms with van der Waals surface area (Å²) in [7, 11) is -2.47. The molecule has 0 saturated heterocycles. The number of carbonyl (C=O) groups excluding carboxylic acids is 2. The summed E-state index contributed by atoms with van der Waals surface area (Å²) in [6, 6.07) is 3.47. The van der Waals surface area contributed by atoms with E-state index in [1.54, 1.807) is 4.90 Å². The third-order valence-electron chi connectivity index (χ3n) is 6.02. The van der Waals surface area contributed by atoms with Gasteiger partial charge in [-0.05, 0) is 55.9 Å². The van der Waals surface area contributed by atoms with Crippen molar-refractivity contribution < 1.29 is 22.7 Å². The average molecular weight is 493 g/mol. The lowest BCUT2D eigenvalue weighted by Gasteiger charge is -2.24. The fourth-order valence-electron chi connectivity index (χ4n) is 4.17. The Morgan fingerprint density at radius 1 is 1.36 bits per heavy atom. The second-order valence-corrected chi connectivity index (χ2v) is 11.3. The highest BCUT2D eigenvalue weighted by molar-refractivity contribution is 7.89. The van der Waals surface area contributed by atoms with Crippen LogP contribution in [0.4, 0.5) is 5.13 Å². The third kappa shape index (κ3) is 4.81. The molecule has 1 aromatic heterocycles. The molecule has 2 N–H and O–H groups in total. The summed E-state index contributed by atoms with van der Waals surface area (Å²) in [6.45, 7) is 5.93. The Bertz CT molecular complexity index is 1200. The van der Waals surface area contributed by atoms with Gasteiger partial charge in [-0.1, -0.05) is 11.3 Å². The predicted molar refractivity (Wildman–Crippen MR) is 126 cm³/mol. The van der Waals surface area contributed by atoms with Crippen LogP contribution in [0, 0.1) is 12.8 Å². The number of rotatable bonds is 9. The Morgan fingerprint density at radius 3 is 2.73 bits per heavy atom. The van der Waals surface area contributed by atoms with Crippen LogP contribution in [0.2, 0.25) is 0 Å². The van der Waals surface area contributed by atoms with Gasteiger partial charge in [0, 0.05) is 33.2 Å². The van der Waals surface area contributed by atoms with E-state index in [0.717, 1.165) is 17.7 Å². The predicted octanol–water partition coefficient (Wildman–Crippen LogP) is 2.76. The molecule has 2 aliphatic rings. The van der Waals surface area contributed by atoms with E-state index < -0.39 is 10.0 Å². The smallest absolute Gasteiger partial charge is 0.256 e. The summed E-state index contributed by atoms with van der Waals surface area (Å²) in [4.78, 5) is 31.7. The van der Waals surface area contributed by atoms with Gasteiger partial charge >= 0.3 is 0 Å². The zero-order chi connectivity index (χ0) is 23.9. The van der Waals surface area contributed by atoms with Crippen LogP contribution >= 0.6 is 11.3 Å². The van der Waals surface area contributed by atoms with Crippen molar-refractivity contribution in [3.63, 3.8) is 0 Å². The van der Waals surface area contributed by atoms with E-state index in [1.165, 1.54) is 31.4 Å². The van der Waals surface area contributed by atoms with Crippen molar-refractivity contribution in [3.8, 4) is 10.4 Å². The van der Waals surface area contributed by atoms with E-state index in [2.05, 4.69) is 15.0 Å². The fourth-order valence-corrected chi connectivity index (χ4v) is 6.45. The number of thiazole rings is 1. The Labute approximate surface area is 197 Å². The van der Waals surface area contributed by atoms with E-state index in [-0.39, 0.29) is 41.5 Å². The minimum Gasteiger partial charge on any atom is -0.383 e. The number of nitrogens with one attached hydrogen (secondary N) is 2. The van der Waals surface area contributed by atoms with E-state index >= 15 is 0 Å². The number of sulfonamides is 1. The molecule has 1 aliphatic heterocycles. The minimum atomic E-state index is -3.96. The number of benzene rings is 1. The van der Waals surface area contributed by atoms with Gasteiger partial charge in [0.05, 0.1) is 27.6 Å². The van der Waals surface area contributed by atoms with E-state index in [0.29, 0.717) is 34.4 Å². The summed E-state index contributed by atoms with van der Waals surface area (Å²) in [5, 5.41) is 3.12. The number of aryl methyl sites for hydroxylation is 1. The van der Waals surface area contributed by atoms with Gasteiger partial charge in [-0.2, -0.15) is 0 Å². The first kappa shape index (κ1) is 23.8. The van der Waals surface area contributed by atoms with Crippen LogP contribution in [0.25, 0.3) is 10.4 Å². The molecule has 11 heteroatoms. The fraction of sp³-hybridized carbons (Fsp3) is 0.500. The minimum absolute atomic E-state index is 0.0320. The molecule has 0 spiro atoms. The molecule has 0 bridgehead atoms. The van der Waals surface area contributed by atoms with Crippen molar-refractivity contribution in [2.45, 2.75) is 51.1 Å². The first-order valence-corrected chi connectivity index (χ1v) is 13.1. The number of nitrogens with zero attached hydrogens (tertiary/aromatic N) is 2. The summed E-state index contributed by atoms with van der Waals surface area (Å²) in [6.07, 6.45) is 2.17. The molecule has 2 heterocycles. The number of carbonyl (C=O) groups is 2. The summed E-state index contributed by atoms with van der Waals surface area (Å²) in [5.41, 5.74) is 2.25. The van der Waals surface area contributed by atoms with Gasteiger partial charge in [0.25, 0.3) is 5.91 Å². The first-order chi connectivity index (χ1) is 15.6. The van der Waals surface area contributed by atoms with Crippen LogP contribution in [-0.2, 0) is 26.1 Å². The van der Waals surface area contributed by atoms with Gasteiger partial charge in [-0.15, -0.1) is 0 Å². The Kier molecular flexibility index (Phi) is 6.59. The molecule has 1 fully saturated rings. The van der Waals surface area contributed by atoms with Crippen LogP contribution < -0.4 is 10.0 Å². The molecule has 2 amide bonds. The van der Waals surface area contributed by atoms with Gasteiger partial charge < -0.3 is 15.0 Å². The summed E-state index contributed by atoms with van der Waals surface area (Å²) in [5.74, 6) is -0.0141. The van der Waals surface area contributed by atoms with Gasteiger partial charge in [0.15, 0.2) is 5.13 Å². The molecule has 178 valence electrons. The molecule has 33 heavy (non-hydrogen) atoms. The highest BCUT2D eigenvalue weighted by Gasteiger charge is 2.41. The highest BCUT2D eigenvalue weighted by Crippen LogP contribution is 2.42. The van der Waals surface area contributed by atoms with Crippen LogP contribution in [0.5, 0.6) is 0 Å². The topological polar surface area (TPSA) is 118 Å². The van der Waals surface area contributed by atoms with Gasteiger partial charge in [-0.25, -0.2) is 18.1 Å². The van der Waals surface area contributed by atoms with Gasteiger partial charge in [0.2, 0.25) is 15.9 Å². The number of aromatic nitrogens is 1. The first-order valence-electron chi connectivity index (χ1n) is 10.8. The lowest BCUT2D eigenvalue weighted by Crippen LogP contribution is -2.35. The number of amides is 2. The second kappa shape index (κ2) is 9.13. The number of hydrogen-bond acceptors (Lipinski definition) is 7. The van der Waals surface area contributed by atoms with Crippen LogP contribution in [-0.4, -0.2) is 56.4 Å². The van der Waals surface area contributed by atoms with Crippen LogP contribution in [0.1, 0.15) is 48.3 Å². The number of hydrogen-bond donors (Lipinski definition) is 2. The molecule has 1 aromatic carbocycles. The summed E-state index contributed by atoms with van der Waals surface area (Å²) < 4.78 is 34.0. The Hall–Kier alpha value is -2.34. The highest BCUT2D eigenvalue weighted by atomic mass is 32.2. The van der Waals surface area contributed by atoms with Crippen molar-refractivity contribution in [1.82, 2.24) is 14.6 Å². The molecule has 1 aliphatic carbocycles. The zero-order valence-electron chi connectivity index (χ0n) is 19.1. The standard InChI is InChI=1S/C22H28N4O5S2/c1-12-20(32-22(24-12)25-14(3)27)16-9-17-11-26(13(2)15-5-6-15)21(28)19(17)18(10-16)33(29,30)23-7-8-31-4/h9-10,13,15,23H,5-8,11H2,1-4H3,(H,24,25,27). The van der Waals surface area contributed by atoms with Gasteiger partial charge in [-0.3, -0.25) is 9.59 Å². The maximum atomic E-state index is 13.4. The average Bonchev–Trinajstić information content (AvgIpc) is 3.46. The Balaban J connectivity index is 1.80. The molecule has 9 nitrogen and oxygen atoms in total. The van der Waals surface area contributed by atoms with E-state index in [4.69, 9.17) is 4.74 Å².